The molecule has 0 aliphatic rings. The van der Waals surface area contributed by atoms with Gasteiger partial charge in [0.05, 0.1) is 33.4 Å². The fourth-order valence-corrected chi connectivity index (χ4v) is 4.98. The maximum absolute atomic E-state index is 8.19. The van der Waals surface area contributed by atoms with Crippen LogP contribution in [0.2, 0.25) is 0 Å². The molecule has 116 valence electrons. The van der Waals surface area contributed by atoms with Crippen LogP contribution in [0, 0.1) is 0 Å². The molecule has 0 amide bonds. The molecule has 4 rings (SSSR count). The summed E-state index contributed by atoms with van der Waals surface area (Å²) in [5.74, 6) is 0. The lowest BCUT2D eigenvalue weighted by molar-refractivity contribution is 1.60. The summed E-state index contributed by atoms with van der Waals surface area (Å²) in [6.07, 6.45) is 0. The number of hydrogen-bond donors (Lipinski definition) is 2. The van der Waals surface area contributed by atoms with Crippen LogP contribution in [-0.2, 0) is 0 Å². The van der Waals surface area contributed by atoms with Gasteiger partial charge in [-0.3, -0.25) is 0 Å². The minimum Gasteiger partial charge on any atom is -0.396 e. The monoisotopic (exact) mass is 488 g/mol. The number of benzene rings is 1. The predicted octanol–water partition coefficient (Wildman–Crippen LogP) is 5.84. The molecular formula is C14H8Br2N4S3. The van der Waals surface area contributed by atoms with Crippen molar-refractivity contribution in [1.82, 2.24) is 8.75 Å². The SMILES string of the molecule is [2H]c1sc(Br)cc1-c1c(N)c(N)c(-c2cc(Br)sc2[2H])c2nsnc12. The largest absolute Gasteiger partial charge is 0.396 e. The Hall–Kier alpha value is -1.000. The normalized spacial score (nSPS) is 12.6. The van der Waals surface area contributed by atoms with Crippen LogP contribution in [-0.4, -0.2) is 8.75 Å². The first kappa shape index (κ1) is 13.3. The van der Waals surface area contributed by atoms with Gasteiger partial charge in [0.15, 0.2) is 0 Å². The van der Waals surface area contributed by atoms with E-state index < -0.39 is 0 Å². The average Bonchev–Trinajstić information content (AvgIpc) is 3.21. The summed E-state index contributed by atoms with van der Waals surface area (Å²) < 4.78 is 26.9. The van der Waals surface area contributed by atoms with Crippen molar-refractivity contribution in [3.63, 3.8) is 0 Å². The highest BCUT2D eigenvalue weighted by Crippen LogP contribution is 2.46. The third-order valence-electron chi connectivity index (χ3n) is 3.36. The quantitative estimate of drug-likeness (QED) is 0.347. The Morgan fingerprint density at radius 2 is 1.30 bits per heavy atom. The van der Waals surface area contributed by atoms with Crippen molar-refractivity contribution in [3.05, 3.63) is 30.4 Å². The molecular weight excluding hydrogens is 480 g/mol. The van der Waals surface area contributed by atoms with E-state index in [2.05, 4.69) is 40.6 Å². The van der Waals surface area contributed by atoms with E-state index in [1.807, 2.05) is 12.1 Å². The maximum atomic E-state index is 8.19. The molecule has 0 fully saturated rings. The van der Waals surface area contributed by atoms with Crippen molar-refractivity contribution in [2.24, 2.45) is 0 Å². The van der Waals surface area contributed by atoms with Crippen LogP contribution in [0.4, 0.5) is 11.4 Å². The number of thiophene rings is 2. The van der Waals surface area contributed by atoms with E-state index in [0.29, 0.717) is 55.4 Å². The predicted molar refractivity (Wildman–Crippen MR) is 108 cm³/mol. The number of nitrogens with zero attached hydrogens (tertiary/aromatic N) is 2. The molecule has 0 spiro atoms. The second-order valence-corrected chi connectivity index (χ2v) is 9.65. The number of rotatable bonds is 2. The van der Waals surface area contributed by atoms with Crippen molar-refractivity contribution in [2.45, 2.75) is 0 Å². The molecule has 0 bridgehead atoms. The zero-order valence-corrected chi connectivity index (χ0v) is 16.8. The molecule has 0 unspecified atom stereocenters. The molecule has 3 aromatic heterocycles. The standard InChI is InChI=1S/C14H8Br2N4S3/c15-7-1-5(3-21-7)9-11(17)12(18)10(6-2-8(16)22-4-6)14-13(9)19-23-20-14/h1-4H,17-18H2/i3D,4D. The molecule has 4 aromatic rings. The van der Waals surface area contributed by atoms with E-state index >= 15 is 0 Å². The number of aromatic nitrogens is 2. The van der Waals surface area contributed by atoms with Crippen LogP contribution in [0.1, 0.15) is 2.74 Å². The van der Waals surface area contributed by atoms with Gasteiger partial charge >= 0.3 is 0 Å². The Bertz CT molecular complexity index is 1050. The highest BCUT2D eigenvalue weighted by Gasteiger charge is 2.22. The van der Waals surface area contributed by atoms with Gasteiger partial charge in [0.1, 0.15) is 11.0 Å². The molecule has 23 heavy (non-hydrogen) atoms. The van der Waals surface area contributed by atoms with Gasteiger partial charge in [-0.05, 0) is 65.8 Å². The molecule has 0 aliphatic heterocycles. The zero-order valence-electron chi connectivity index (χ0n) is 13.2. The smallest absolute Gasteiger partial charge is 0.115 e. The topological polar surface area (TPSA) is 77.8 Å². The highest BCUT2D eigenvalue weighted by molar-refractivity contribution is 9.11. The summed E-state index contributed by atoms with van der Waals surface area (Å²) in [6, 6.07) is 3.68. The summed E-state index contributed by atoms with van der Waals surface area (Å²) in [5.41, 5.74) is 17.2. The third-order valence-corrected chi connectivity index (χ3v) is 6.59. The van der Waals surface area contributed by atoms with Gasteiger partial charge in [0.2, 0.25) is 0 Å². The van der Waals surface area contributed by atoms with Crippen LogP contribution >= 0.6 is 66.3 Å². The molecule has 0 atom stereocenters. The van der Waals surface area contributed by atoms with Crippen LogP contribution in [0.3, 0.4) is 0 Å². The first-order valence-electron chi connectivity index (χ1n) is 7.24. The fourth-order valence-electron chi connectivity index (χ4n) is 2.39. The molecule has 0 radical (unpaired) electrons. The Morgan fingerprint density at radius 3 is 1.65 bits per heavy atom. The average molecular weight is 490 g/mol. The second kappa shape index (κ2) is 5.82. The Kier molecular flexibility index (Phi) is 3.37. The molecule has 9 heteroatoms. The Balaban J connectivity index is 2.12. The zero-order chi connectivity index (χ0) is 17.9. The Labute approximate surface area is 163 Å². The minimum atomic E-state index is 0.357. The van der Waals surface area contributed by atoms with Crippen molar-refractivity contribution in [3.8, 4) is 22.3 Å². The van der Waals surface area contributed by atoms with E-state index in [4.69, 9.17) is 14.2 Å². The number of fused-ring (bicyclic) bond motifs is 1. The molecule has 0 saturated heterocycles. The molecule has 1 aromatic carbocycles. The van der Waals surface area contributed by atoms with E-state index in [0.717, 1.165) is 19.3 Å². The summed E-state index contributed by atoms with van der Waals surface area (Å²) in [6.45, 7) is 0. The van der Waals surface area contributed by atoms with E-state index in [9.17, 15) is 0 Å². The van der Waals surface area contributed by atoms with E-state index in [1.165, 1.54) is 22.7 Å². The summed E-state index contributed by atoms with van der Waals surface area (Å²) in [4.78, 5) is 0. The second-order valence-electron chi connectivity index (χ2n) is 4.67. The minimum absolute atomic E-state index is 0.357. The van der Waals surface area contributed by atoms with Crippen molar-refractivity contribution >= 4 is 88.7 Å². The molecule has 0 aliphatic carbocycles. The first-order valence-corrected chi connectivity index (χ1v) is 10.2. The van der Waals surface area contributed by atoms with Gasteiger partial charge in [-0.2, -0.15) is 8.75 Å². The lowest BCUT2D eigenvalue weighted by Crippen LogP contribution is -2.01. The van der Waals surface area contributed by atoms with Crippen LogP contribution < -0.4 is 11.5 Å². The first-order chi connectivity index (χ1) is 11.9. The lowest BCUT2D eigenvalue weighted by Gasteiger charge is -2.12. The van der Waals surface area contributed by atoms with Crippen LogP contribution in [0.5, 0.6) is 0 Å². The maximum Gasteiger partial charge on any atom is 0.115 e. The third kappa shape index (κ3) is 2.51. The van der Waals surface area contributed by atoms with Crippen LogP contribution in [0.15, 0.2) is 30.4 Å². The van der Waals surface area contributed by atoms with Crippen molar-refractivity contribution in [1.29, 1.82) is 0 Å². The summed E-state index contributed by atoms with van der Waals surface area (Å²) in [5, 5.41) is 0.749. The van der Waals surface area contributed by atoms with Gasteiger partial charge in [-0.15, -0.1) is 22.7 Å². The van der Waals surface area contributed by atoms with Gasteiger partial charge < -0.3 is 11.5 Å². The van der Waals surface area contributed by atoms with Crippen LogP contribution in [0.25, 0.3) is 33.3 Å². The van der Waals surface area contributed by atoms with E-state index in [-0.39, 0.29) is 0 Å². The molecule has 4 N–H and O–H groups in total. The van der Waals surface area contributed by atoms with Gasteiger partial charge in [-0.1, -0.05) is 0 Å². The van der Waals surface area contributed by atoms with Gasteiger partial charge in [-0.25, -0.2) is 0 Å². The number of anilines is 2. The molecule has 4 nitrogen and oxygen atoms in total. The number of halogens is 2. The van der Waals surface area contributed by atoms with Gasteiger partial charge in [0.25, 0.3) is 0 Å². The molecule has 0 saturated carbocycles. The number of nitrogens with two attached hydrogens (primary N) is 2. The van der Waals surface area contributed by atoms with E-state index in [1.54, 1.807) is 0 Å². The fraction of sp³-hybridized carbons (Fsp3) is 0. The number of hydrogen-bond acceptors (Lipinski definition) is 7. The van der Waals surface area contributed by atoms with Crippen molar-refractivity contribution < 1.29 is 2.74 Å². The Morgan fingerprint density at radius 1 is 0.870 bits per heavy atom. The summed E-state index contributed by atoms with van der Waals surface area (Å²) >= 11 is 10.5. The lowest BCUT2D eigenvalue weighted by atomic mass is 9.96. The van der Waals surface area contributed by atoms with Gasteiger partial charge in [0, 0.05) is 11.1 Å². The summed E-state index contributed by atoms with van der Waals surface area (Å²) in [7, 11) is 0. The highest BCUT2D eigenvalue weighted by atomic mass is 79.9. The number of nitrogen functional groups attached to an aromatic ring is 2. The van der Waals surface area contributed by atoms with Crippen molar-refractivity contribution in [2.75, 3.05) is 11.5 Å². The molecule has 3 heterocycles.